The average Bonchev–Trinajstić information content (AvgIpc) is 1.84. The maximum atomic E-state index is 10.6. The van der Waals surface area contributed by atoms with Crippen molar-refractivity contribution in [1.82, 2.24) is 9.07 Å². The molecule has 1 N–H and O–H groups in total. The van der Waals surface area contributed by atoms with Gasteiger partial charge in [-0.3, -0.25) is 9.78 Å². The lowest BCUT2D eigenvalue weighted by molar-refractivity contribution is 0.966. The molecule has 1 aromatic heterocycles. The van der Waals surface area contributed by atoms with Crippen molar-refractivity contribution < 1.29 is 0 Å². The Hall–Kier alpha value is -0.550. The molecule has 6 heteroatoms. The Morgan fingerprint density at radius 2 is 2.20 bits per heavy atom. The number of aromatic amines is 1. The van der Waals surface area contributed by atoms with E-state index < -0.39 is 11.2 Å². The lowest BCUT2D eigenvalue weighted by Crippen LogP contribution is -2.25. The lowest BCUT2D eigenvalue weighted by Gasteiger charge is -1.90. The first-order chi connectivity index (χ1) is 4.61. The minimum atomic E-state index is -0.644. The molecule has 0 bridgehead atoms. The van der Waals surface area contributed by atoms with Gasteiger partial charge in [-0.2, -0.15) is 0 Å². The molecule has 0 atom stereocenters. The van der Waals surface area contributed by atoms with E-state index in [1.807, 2.05) is 4.98 Å². The van der Waals surface area contributed by atoms with E-state index in [-0.39, 0.29) is 4.47 Å². The van der Waals surface area contributed by atoms with Gasteiger partial charge in [-0.1, -0.05) is 0 Å². The standard InChI is InChI=1S/C4H2BrClN2O2/c5-2-1-8(6)4(10)7-3(2)9/h1H,(H,7,9,10). The van der Waals surface area contributed by atoms with Gasteiger partial charge in [0.1, 0.15) is 4.47 Å². The monoisotopic (exact) mass is 224 g/mol. The number of nitrogens with zero attached hydrogens (tertiary/aromatic N) is 1. The number of hydrogen-bond acceptors (Lipinski definition) is 2. The maximum absolute atomic E-state index is 10.6. The van der Waals surface area contributed by atoms with Crippen LogP contribution in [-0.2, 0) is 0 Å². The van der Waals surface area contributed by atoms with E-state index in [1.165, 1.54) is 6.20 Å². The predicted octanol–water partition coefficient (Wildman–Crippen LogP) is 0.301. The van der Waals surface area contributed by atoms with Crippen LogP contribution in [0.2, 0.25) is 0 Å². The van der Waals surface area contributed by atoms with Crippen molar-refractivity contribution in [3.05, 3.63) is 31.5 Å². The van der Waals surface area contributed by atoms with Crippen LogP contribution in [0.15, 0.2) is 20.3 Å². The molecule has 4 nitrogen and oxygen atoms in total. The molecular weight excluding hydrogens is 223 g/mol. The van der Waals surface area contributed by atoms with Crippen molar-refractivity contribution >= 4 is 27.7 Å². The van der Waals surface area contributed by atoms with Crippen LogP contribution in [-0.4, -0.2) is 9.07 Å². The van der Waals surface area contributed by atoms with E-state index in [4.69, 9.17) is 11.8 Å². The quantitative estimate of drug-likeness (QED) is 0.690. The molecular formula is C4H2BrClN2O2. The average molecular weight is 225 g/mol. The van der Waals surface area contributed by atoms with Crippen molar-refractivity contribution in [2.75, 3.05) is 0 Å². The van der Waals surface area contributed by atoms with Crippen LogP contribution in [0.3, 0.4) is 0 Å². The molecule has 1 aromatic rings. The number of rotatable bonds is 0. The molecule has 0 amide bonds. The van der Waals surface area contributed by atoms with Gasteiger partial charge >= 0.3 is 5.69 Å². The topological polar surface area (TPSA) is 54.9 Å². The summed E-state index contributed by atoms with van der Waals surface area (Å²) in [5.41, 5.74) is -1.13. The van der Waals surface area contributed by atoms with Crippen molar-refractivity contribution in [3.63, 3.8) is 0 Å². The summed E-state index contributed by atoms with van der Waals surface area (Å²) in [5.74, 6) is 0. The van der Waals surface area contributed by atoms with E-state index in [1.54, 1.807) is 0 Å². The van der Waals surface area contributed by atoms with E-state index in [2.05, 4.69) is 15.9 Å². The zero-order valence-corrected chi connectivity index (χ0v) is 6.94. The highest BCUT2D eigenvalue weighted by Gasteiger charge is 1.97. The molecule has 0 aliphatic carbocycles. The van der Waals surface area contributed by atoms with Crippen molar-refractivity contribution in [2.24, 2.45) is 0 Å². The molecule has 0 unspecified atom stereocenters. The summed E-state index contributed by atoms with van der Waals surface area (Å²) >= 11 is 8.18. The van der Waals surface area contributed by atoms with Crippen LogP contribution in [0.5, 0.6) is 0 Å². The summed E-state index contributed by atoms with van der Waals surface area (Å²) in [7, 11) is 0. The third-order valence-corrected chi connectivity index (χ3v) is 1.67. The molecule has 0 spiro atoms. The van der Waals surface area contributed by atoms with Gasteiger partial charge in [-0.15, -0.1) is 0 Å². The normalized spacial score (nSPS) is 9.80. The fraction of sp³-hybridized carbons (Fsp3) is 0. The minimum absolute atomic E-state index is 0.224. The van der Waals surface area contributed by atoms with Gasteiger partial charge in [-0.05, 0) is 15.9 Å². The molecule has 0 fully saturated rings. The zero-order chi connectivity index (χ0) is 7.72. The second-order valence-corrected chi connectivity index (χ2v) is 2.77. The first kappa shape index (κ1) is 7.56. The summed E-state index contributed by atoms with van der Waals surface area (Å²) < 4.78 is 0.980. The van der Waals surface area contributed by atoms with E-state index in [0.29, 0.717) is 0 Å². The Morgan fingerprint density at radius 1 is 1.60 bits per heavy atom. The summed E-state index contributed by atoms with van der Waals surface area (Å²) in [6, 6.07) is 0. The Kier molecular flexibility index (Phi) is 1.96. The molecule has 0 aromatic carbocycles. The predicted molar refractivity (Wildman–Crippen MR) is 40.3 cm³/mol. The fourth-order valence-corrected chi connectivity index (χ4v) is 0.989. The maximum Gasteiger partial charge on any atom is 0.343 e. The smallest absolute Gasteiger partial charge is 0.272 e. The van der Waals surface area contributed by atoms with Gasteiger partial charge < -0.3 is 0 Å². The van der Waals surface area contributed by atoms with Crippen LogP contribution in [0.25, 0.3) is 0 Å². The van der Waals surface area contributed by atoms with Crippen LogP contribution >= 0.6 is 27.7 Å². The highest BCUT2D eigenvalue weighted by atomic mass is 79.9. The highest BCUT2D eigenvalue weighted by molar-refractivity contribution is 9.10. The second kappa shape index (κ2) is 2.59. The number of halogens is 2. The van der Waals surface area contributed by atoms with Crippen LogP contribution in [0.4, 0.5) is 0 Å². The van der Waals surface area contributed by atoms with Crippen molar-refractivity contribution in [2.45, 2.75) is 0 Å². The second-order valence-electron chi connectivity index (χ2n) is 1.55. The Morgan fingerprint density at radius 3 is 2.70 bits per heavy atom. The number of H-pyrrole nitrogens is 1. The van der Waals surface area contributed by atoms with Gasteiger partial charge in [0.2, 0.25) is 0 Å². The van der Waals surface area contributed by atoms with E-state index in [9.17, 15) is 9.59 Å². The molecule has 0 aliphatic rings. The molecule has 0 saturated carbocycles. The largest absolute Gasteiger partial charge is 0.343 e. The SMILES string of the molecule is O=c1[nH]c(=O)n(Cl)cc1Br. The Bertz CT molecular complexity index is 324. The fourth-order valence-electron chi connectivity index (χ4n) is 0.427. The lowest BCUT2D eigenvalue weighted by atomic mass is 10.7. The Balaban J connectivity index is 3.59. The van der Waals surface area contributed by atoms with Gasteiger partial charge in [0.05, 0.1) is 0 Å². The van der Waals surface area contributed by atoms with Crippen LogP contribution in [0, 0.1) is 0 Å². The van der Waals surface area contributed by atoms with Crippen molar-refractivity contribution in [3.8, 4) is 0 Å². The number of nitrogens with one attached hydrogen (secondary N) is 1. The third-order valence-electron chi connectivity index (χ3n) is 0.858. The van der Waals surface area contributed by atoms with Crippen molar-refractivity contribution in [1.29, 1.82) is 0 Å². The summed E-state index contributed by atoms with van der Waals surface area (Å²) in [6.07, 6.45) is 1.18. The van der Waals surface area contributed by atoms with Gasteiger partial charge in [0, 0.05) is 18.0 Å². The molecule has 0 aliphatic heterocycles. The molecule has 10 heavy (non-hydrogen) atoms. The van der Waals surface area contributed by atoms with Gasteiger partial charge in [0.15, 0.2) is 0 Å². The highest BCUT2D eigenvalue weighted by Crippen LogP contribution is 1.97. The summed E-state index contributed by atoms with van der Waals surface area (Å²) in [4.78, 5) is 23.1. The minimum Gasteiger partial charge on any atom is -0.272 e. The third kappa shape index (κ3) is 1.30. The summed E-state index contributed by atoms with van der Waals surface area (Å²) in [5, 5.41) is 0. The summed E-state index contributed by atoms with van der Waals surface area (Å²) in [6.45, 7) is 0. The van der Waals surface area contributed by atoms with Gasteiger partial charge in [0.25, 0.3) is 5.56 Å². The van der Waals surface area contributed by atoms with Crippen LogP contribution in [0.1, 0.15) is 0 Å². The van der Waals surface area contributed by atoms with E-state index in [0.717, 1.165) is 4.09 Å². The first-order valence-corrected chi connectivity index (χ1v) is 3.42. The van der Waals surface area contributed by atoms with Crippen LogP contribution < -0.4 is 11.2 Å². The molecule has 54 valence electrons. The Labute approximate surface area is 68.7 Å². The molecule has 1 heterocycles. The number of aromatic nitrogens is 2. The first-order valence-electron chi connectivity index (χ1n) is 2.29. The molecule has 0 saturated heterocycles. The molecule has 0 radical (unpaired) electrons. The van der Waals surface area contributed by atoms with Gasteiger partial charge in [-0.25, -0.2) is 8.88 Å². The number of hydrogen-bond donors (Lipinski definition) is 1. The zero-order valence-electron chi connectivity index (χ0n) is 4.60. The molecule has 1 rings (SSSR count). The van der Waals surface area contributed by atoms with E-state index >= 15 is 0 Å².